The lowest BCUT2D eigenvalue weighted by Crippen LogP contribution is -2.31. The van der Waals surface area contributed by atoms with Crippen LogP contribution in [0.25, 0.3) is 0 Å². The van der Waals surface area contributed by atoms with Gasteiger partial charge in [-0.25, -0.2) is 12.8 Å². The van der Waals surface area contributed by atoms with Gasteiger partial charge in [0.15, 0.2) is 0 Å². The van der Waals surface area contributed by atoms with E-state index < -0.39 is 10.0 Å². The van der Waals surface area contributed by atoms with Crippen molar-refractivity contribution >= 4 is 21.6 Å². The van der Waals surface area contributed by atoms with E-state index in [0.717, 1.165) is 25.7 Å². The predicted octanol–water partition coefficient (Wildman–Crippen LogP) is 3.64. The van der Waals surface area contributed by atoms with Crippen molar-refractivity contribution in [2.45, 2.75) is 30.6 Å². The zero-order valence-electron chi connectivity index (χ0n) is 14.3. The van der Waals surface area contributed by atoms with E-state index in [1.807, 2.05) is 0 Å². The zero-order chi connectivity index (χ0) is 18.6. The number of nitrogens with one attached hydrogen (secondary N) is 1. The first-order valence-electron chi connectivity index (χ1n) is 8.64. The van der Waals surface area contributed by atoms with E-state index in [1.54, 1.807) is 0 Å². The van der Waals surface area contributed by atoms with Crippen LogP contribution in [-0.4, -0.2) is 31.7 Å². The van der Waals surface area contributed by atoms with Crippen LogP contribution in [-0.2, 0) is 10.0 Å². The molecule has 26 heavy (non-hydrogen) atoms. The van der Waals surface area contributed by atoms with Gasteiger partial charge >= 0.3 is 0 Å². The average Bonchev–Trinajstić information content (AvgIpc) is 2.94. The quantitative estimate of drug-likeness (QED) is 0.886. The standard InChI is InChI=1S/C19H21FN2O3S/c20-16-7-9-17(10-8-16)21-19(23)15-5-11-18(12-6-15)26(24,25)22-13-3-1-2-4-14-22/h5-12H,1-4,13-14H2,(H,21,23). The fourth-order valence-corrected chi connectivity index (χ4v) is 4.46. The molecule has 1 saturated heterocycles. The maximum absolute atomic E-state index is 12.9. The molecular formula is C19H21FN2O3S. The fraction of sp³-hybridized carbons (Fsp3) is 0.316. The molecule has 1 aliphatic heterocycles. The van der Waals surface area contributed by atoms with Crippen LogP contribution in [0.4, 0.5) is 10.1 Å². The normalized spacial score (nSPS) is 16.0. The second kappa shape index (κ2) is 7.97. The van der Waals surface area contributed by atoms with Crippen molar-refractivity contribution in [3.05, 3.63) is 59.9 Å². The van der Waals surface area contributed by atoms with E-state index in [0.29, 0.717) is 24.3 Å². The van der Waals surface area contributed by atoms with Gasteiger partial charge in [-0.15, -0.1) is 0 Å². The van der Waals surface area contributed by atoms with E-state index in [2.05, 4.69) is 5.32 Å². The van der Waals surface area contributed by atoms with Gasteiger partial charge in [-0.1, -0.05) is 12.8 Å². The Labute approximate surface area is 152 Å². The number of hydrogen-bond acceptors (Lipinski definition) is 3. The fourth-order valence-electron chi connectivity index (χ4n) is 2.95. The molecule has 138 valence electrons. The first kappa shape index (κ1) is 18.5. The molecule has 2 aromatic carbocycles. The van der Waals surface area contributed by atoms with Gasteiger partial charge in [-0.05, 0) is 61.4 Å². The van der Waals surface area contributed by atoms with Gasteiger partial charge in [0, 0.05) is 24.3 Å². The Balaban J connectivity index is 1.72. The van der Waals surface area contributed by atoms with Crippen molar-refractivity contribution in [2.75, 3.05) is 18.4 Å². The van der Waals surface area contributed by atoms with Crippen LogP contribution in [0.1, 0.15) is 36.0 Å². The third kappa shape index (κ3) is 4.28. The number of amides is 1. The highest BCUT2D eigenvalue weighted by Gasteiger charge is 2.25. The SMILES string of the molecule is O=C(Nc1ccc(F)cc1)c1ccc(S(=O)(=O)N2CCCCCC2)cc1. The minimum absolute atomic E-state index is 0.192. The Hall–Kier alpha value is -2.25. The highest BCUT2D eigenvalue weighted by atomic mass is 32.2. The summed E-state index contributed by atoms with van der Waals surface area (Å²) in [6, 6.07) is 11.3. The van der Waals surface area contributed by atoms with Gasteiger partial charge in [0.1, 0.15) is 5.82 Å². The van der Waals surface area contributed by atoms with Crippen molar-refractivity contribution in [3.63, 3.8) is 0 Å². The minimum atomic E-state index is -3.53. The molecule has 0 aromatic heterocycles. The van der Waals surface area contributed by atoms with Gasteiger partial charge in [0.25, 0.3) is 5.91 Å². The average molecular weight is 376 g/mol. The van der Waals surface area contributed by atoms with Gasteiger partial charge in [-0.3, -0.25) is 4.79 Å². The van der Waals surface area contributed by atoms with Gasteiger partial charge < -0.3 is 5.32 Å². The largest absolute Gasteiger partial charge is 0.322 e. The molecule has 1 N–H and O–H groups in total. The summed E-state index contributed by atoms with van der Waals surface area (Å²) in [7, 11) is -3.53. The Bertz CT molecular complexity index is 857. The second-order valence-corrected chi connectivity index (χ2v) is 8.24. The Kier molecular flexibility index (Phi) is 5.68. The summed E-state index contributed by atoms with van der Waals surface area (Å²) in [6.07, 6.45) is 3.85. The van der Waals surface area contributed by atoms with Crippen LogP contribution in [0, 0.1) is 5.82 Å². The van der Waals surface area contributed by atoms with Crippen molar-refractivity contribution < 1.29 is 17.6 Å². The van der Waals surface area contributed by atoms with Crippen LogP contribution in [0.3, 0.4) is 0 Å². The maximum atomic E-state index is 12.9. The number of halogens is 1. The molecule has 3 rings (SSSR count). The van der Waals surface area contributed by atoms with E-state index in [-0.39, 0.29) is 16.6 Å². The molecule has 2 aromatic rings. The number of carbonyl (C=O) groups excluding carboxylic acids is 1. The molecule has 0 radical (unpaired) electrons. The Morgan fingerprint density at radius 2 is 1.46 bits per heavy atom. The molecule has 0 bridgehead atoms. The summed E-state index contributed by atoms with van der Waals surface area (Å²) in [4.78, 5) is 12.4. The molecule has 5 nitrogen and oxygen atoms in total. The summed E-state index contributed by atoms with van der Waals surface area (Å²) in [5, 5.41) is 2.65. The number of benzene rings is 2. The van der Waals surface area contributed by atoms with Crippen LogP contribution in [0.2, 0.25) is 0 Å². The lowest BCUT2D eigenvalue weighted by Gasteiger charge is -2.20. The number of carbonyl (C=O) groups is 1. The van der Waals surface area contributed by atoms with Crippen molar-refractivity contribution in [1.29, 1.82) is 0 Å². The molecule has 0 atom stereocenters. The second-order valence-electron chi connectivity index (χ2n) is 6.30. The van der Waals surface area contributed by atoms with E-state index in [4.69, 9.17) is 0 Å². The zero-order valence-corrected chi connectivity index (χ0v) is 15.1. The molecule has 1 heterocycles. The lowest BCUT2D eigenvalue weighted by atomic mass is 10.2. The van der Waals surface area contributed by atoms with E-state index >= 15 is 0 Å². The van der Waals surface area contributed by atoms with Crippen molar-refractivity contribution in [3.8, 4) is 0 Å². The van der Waals surface area contributed by atoms with E-state index in [1.165, 1.54) is 52.8 Å². The van der Waals surface area contributed by atoms with Crippen molar-refractivity contribution in [1.82, 2.24) is 4.31 Å². The number of rotatable bonds is 4. The highest BCUT2D eigenvalue weighted by molar-refractivity contribution is 7.89. The Morgan fingerprint density at radius 1 is 0.885 bits per heavy atom. The summed E-state index contributed by atoms with van der Waals surface area (Å²) in [5.41, 5.74) is 0.807. The molecule has 0 aliphatic carbocycles. The molecule has 1 fully saturated rings. The number of hydrogen-bond donors (Lipinski definition) is 1. The third-order valence-electron chi connectivity index (χ3n) is 4.42. The predicted molar refractivity (Wildman–Crippen MR) is 98.0 cm³/mol. The highest BCUT2D eigenvalue weighted by Crippen LogP contribution is 2.21. The first-order valence-corrected chi connectivity index (χ1v) is 10.1. The number of sulfonamides is 1. The topological polar surface area (TPSA) is 66.5 Å². The number of nitrogens with zero attached hydrogens (tertiary/aromatic N) is 1. The monoisotopic (exact) mass is 376 g/mol. The molecule has 0 unspecified atom stereocenters. The van der Waals surface area contributed by atoms with Crippen LogP contribution >= 0.6 is 0 Å². The van der Waals surface area contributed by atoms with Gasteiger partial charge in [0.2, 0.25) is 10.0 Å². The van der Waals surface area contributed by atoms with E-state index in [9.17, 15) is 17.6 Å². The molecule has 7 heteroatoms. The molecule has 1 amide bonds. The maximum Gasteiger partial charge on any atom is 0.255 e. The van der Waals surface area contributed by atoms with Crippen molar-refractivity contribution in [2.24, 2.45) is 0 Å². The molecule has 0 spiro atoms. The summed E-state index contributed by atoms with van der Waals surface area (Å²) in [5.74, 6) is -0.763. The van der Waals surface area contributed by atoms with Gasteiger partial charge in [-0.2, -0.15) is 4.31 Å². The molecule has 0 saturated carbocycles. The van der Waals surface area contributed by atoms with Crippen LogP contribution in [0.5, 0.6) is 0 Å². The third-order valence-corrected chi connectivity index (χ3v) is 6.33. The first-order chi connectivity index (χ1) is 12.5. The minimum Gasteiger partial charge on any atom is -0.322 e. The lowest BCUT2D eigenvalue weighted by molar-refractivity contribution is 0.102. The summed E-state index contributed by atoms with van der Waals surface area (Å²) < 4.78 is 39.9. The van der Waals surface area contributed by atoms with Crippen LogP contribution < -0.4 is 5.32 Å². The summed E-state index contributed by atoms with van der Waals surface area (Å²) in [6.45, 7) is 1.07. The Morgan fingerprint density at radius 3 is 2.04 bits per heavy atom. The molecule has 1 aliphatic rings. The van der Waals surface area contributed by atoms with Crippen LogP contribution in [0.15, 0.2) is 53.4 Å². The van der Waals surface area contributed by atoms with Gasteiger partial charge in [0.05, 0.1) is 4.90 Å². The molecular weight excluding hydrogens is 355 g/mol. The number of anilines is 1. The summed E-state index contributed by atoms with van der Waals surface area (Å²) >= 11 is 0. The smallest absolute Gasteiger partial charge is 0.255 e.